The Morgan fingerprint density at radius 2 is 2.30 bits per heavy atom. The summed E-state index contributed by atoms with van der Waals surface area (Å²) in [6.07, 6.45) is 11.8. The van der Waals surface area contributed by atoms with E-state index in [1.807, 2.05) is 37.4 Å². The predicted molar refractivity (Wildman–Crippen MR) is 104 cm³/mol. The van der Waals surface area contributed by atoms with E-state index in [4.69, 9.17) is 4.11 Å². The zero-order valence-corrected chi connectivity index (χ0v) is 15.4. The highest BCUT2D eigenvalue weighted by atomic mass is 16.1. The van der Waals surface area contributed by atoms with Crippen molar-refractivity contribution >= 4 is 17.4 Å². The van der Waals surface area contributed by atoms with Crippen molar-refractivity contribution in [3.05, 3.63) is 52.6 Å². The first kappa shape index (κ1) is 14.4. The van der Waals surface area contributed by atoms with Crippen molar-refractivity contribution in [1.82, 2.24) is 15.2 Å². The van der Waals surface area contributed by atoms with Crippen molar-refractivity contribution < 1.29 is 13.7 Å². The third-order valence-corrected chi connectivity index (χ3v) is 5.81. The fraction of sp³-hybridized carbons (Fsp3) is 0.455. The van der Waals surface area contributed by atoms with Crippen molar-refractivity contribution in [2.45, 2.75) is 51.5 Å². The normalized spacial score (nSPS) is 25.9. The second-order valence-corrected chi connectivity index (χ2v) is 7.39. The molecule has 27 heavy (non-hydrogen) atoms. The molecule has 2 aliphatic carbocycles. The number of amides is 1. The number of allylic oxidation sites excluding steroid dienone is 5. The number of pyridine rings is 1. The summed E-state index contributed by atoms with van der Waals surface area (Å²) in [5.74, 6) is 1.80. The summed E-state index contributed by atoms with van der Waals surface area (Å²) in [6.45, 7) is -0.548. The lowest BCUT2D eigenvalue weighted by molar-refractivity contribution is -0.121. The Hall–Kier alpha value is -2.65. The zero-order valence-electron chi connectivity index (χ0n) is 18.4. The van der Waals surface area contributed by atoms with Crippen molar-refractivity contribution in [2.75, 3.05) is 6.98 Å². The average Bonchev–Trinajstić information content (AvgIpc) is 3.11. The first-order valence-corrected chi connectivity index (χ1v) is 9.55. The largest absolute Gasteiger partial charge is 0.349 e. The van der Waals surface area contributed by atoms with Gasteiger partial charge in [-0.15, -0.1) is 0 Å². The predicted octanol–water partition coefficient (Wildman–Crippen LogP) is 3.32. The Balaban J connectivity index is 1.68. The second-order valence-electron chi connectivity index (χ2n) is 7.39. The Morgan fingerprint density at radius 1 is 1.41 bits per heavy atom. The van der Waals surface area contributed by atoms with Gasteiger partial charge < -0.3 is 10.2 Å². The van der Waals surface area contributed by atoms with Crippen LogP contribution >= 0.6 is 0 Å². The molecule has 5 nitrogen and oxygen atoms in total. The number of aromatic nitrogens is 1. The number of rotatable bonds is 3. The molecule has 3 aliphatic rings. The lowest BCUT2D eigenvalue weighted by Gasteiger charge is -2.29. The summed E-state index contributed by atoms with van der Waals surface area (Å²) >= 11 is 0. The van der Waals surface area contributed by atoms with Gasteiger partial charge in [0.05, 0.1) is 6.04 Å². The van der Waals surface area contributed by atoms with Gasteiger partial charge in [0.2, 0.25) is 5.91 Å². The van der Waals surface area contributed by atoms with E-state index in [9.17, 15) is 9.59 Å². The molecule has 0 bridgehead atoms. The van der Waals surface area contributed by atoms with Gasteiger partial charge in [0.15, 0.2) is 0 Å². The Bertz CT molecular complexity index is 990. The van der Waals surface area contributed by atoms with Crippen LogP contribution in [0.4, 0.5) is 0 Å². The number of nitrogens with zero attached hydrogens (tertiary/aromatic N) is 2. The molecule has 1 amide bonds. The maximum Gasteiger partial charge on any atom is 0.220 e. The monoisotopic (exact) mass is 366 g/mol. The topological polar surface area (TPSA) is 62.3 Å². The van der Waals surface area contributed by atoms with Gasteiger partial charge in [0, 0.05) is 47.9 Å². The number of carbonyl (C=O) groups is 1. The minimum Gasteiger partial charge on any atom is -0.349 e. The van der Waals surface area contributed by atoms with Crippen molar-refractivity contribution in [3.8, 4) is 0 Å². The van der Waals surface area contributed by atoms with E-state index in [0.29, 0.717) is 25.0 Å². The third-order valence-electron chi connectivity index (χ3n) is 5.81. The molecule has 0 aromatic carbocycles. The molecule has 1 aliphatic heterocycles. The zero-order chi connectivity index (χ0) is 21.5. The number of carbonyl (C=O) groups excluding carboxylic acids is 2. The van der Waals surface area contributed by atoms with E-state index in [0.717, 1.165) is 40.9 Å². The van der Waals surface area contributed by atoms with Crippen LogP contribution in [0.1, 0.15) is 65.9 Å². The SMILES string of the molecule is [2H]C([2H])([2H])N1C(=C=O)CC2CC(c3cncc4c3CCC[C@H]4NC(=O)CC)=CC=C21. The van der Waals surface area contributed by atoms with Crippen LogP contribution in [-0.2, 0) is 16.0 Å². The first-order valence-electron chi connectivity index (χ1n) is 11.0. The quantitative estimate of drug-likeness (QED) is 0.834. The highest BCUT2D eigenvalue weighted by molar-refractivity contribution is 5.77. The van der Waals surface area contributed by atoms with Gasteiger partial charge in [-0.05, 0) is 54.0 Å². The molecule has 0 radical (unpaired) electrons. The molecule has 1 aromatic heterocycles. The van der Waals surface area contributed by atoms with E-state index in [2.05, 4.69) is 10.3 Å². The lowest BCUT2D eigenvalue weighted by Crippen LogP contribution is -2.30. The van der Waals surface area contributed by atoms with Crippen molar-refractivity contribution in [2.24, 2.45) is 5.92 Å². The van der Waals surface area contributed by atoms with Crippen LogP contribution < -0.4 is 5.32 Å². The first-order chi connectivity index (χ1) is 14.3. The number of likely N-dealkylation sites (tertiary alicyclic amines) is 1. The summed E-state index contributed by atoms with van der Waals surface area (Å²) in [7, 11) is 0. The number of nitrogens with one attached hydrogen (secondary N) is 1. The Labute approximate surface area is 164 Å². The van der Waals surface area contributed by atoms with Gasteiger partial charge in [-0.2, -0.15) is 0 Å². The molecule has 1 fully saturated rings. The third kappa shape index (κ3) is 3.13. The van der Waals surface area contributed by atoms with Crippen LogP contribution in [0.25, 0.3) is 5.57 Å². The molecular formula is C22H25N3O2. The number of hydrogen-bond donors (Lipinski definition) is 1. The summed E-state index contributed by atoms with van der Waals surface area (Å²) in [5.41, 5.74) is 5.27. The molecule has 4 rings (SSSR count). The van der Waals surface area contributed by atoms with Crippen LogP contribution in [0, 0.1) is 5.92 Å². The highest BCUT2D eigenvalue weighted by Crippen LogP contribution is 2.44. The number of hydrogen-bond acceptors (Lipinski definition) is 4. The van der Waals surface area contributed by atoms with Crippen molar-refractivity contribution in [3.63, 3.8) is 0 Å². The number of fused-ring (bicyclic) bond motifs is 2. The average molecular weight is 366 g/mol. The molecule has 0 saturated carbocycles. The minimum atomic E-state index is -2.39. The highest BCUT2D eigenvalue weighted by Gasteiger charge is 2.34. The summed E-state index contributed by atoms with van der Waals surface area (Å²) in [4.78, 5) is 28.9. The smallest absolute Gasteiger partial charge is 0.220 e. The Morgan fingerprint density at radius 3 is 3.07 bits per heavy atom. The molecule has 0 spiro atoms. The molecule has 1 saturated heterocycles. The van der Waals surface area contributed by atoms with Gasteiger partial charge in [-0.1, -0.05) is 13.0 Å². The van der Waals surface area contributed by atoms with E-state index >= 15 is 0 Å². The van der Waals surface area contributed by atoms with Gasteiger partial charge >= 0.3 is 0 Å². The van der Waals surface area contributed by atoms with Gasteiger partial charge in [-0.25, -0.2) is 4.79 Å². The van der Waals surface area contributed by atoms with Gasteiger partial charge in [-0.3, -0.25) is 9.78 Å². The molecule has 5 heteroatoms. The summed E-state index contributed by atoms with van der Waals surface area (Å²) in [5, 5.41) is 3.10. The molecule has 2 heterocycles. The minimum absolute atomic E-state index is 0.0222. The summed E-state index contributed by atoms with van der Waals surface area (Å²) < 4.78 is 23.3. The van der Waals surface area contributed by atoms with Crippen LogP contribution in [0.15, 0.2) is 35.9 Å². The fourth-order valence-corrected chi connectivity index (χ4v) is 4.41. The lowest BCUT2D eigenvalue weighted by atomic mass is 9.81. The maximum atomic E-state index is 11.9. The van der Waals surface area contributed by atoms with E-state index < -0.39 is 6.98 Å². The van der Waals surface area contributed by atoms with Gasteiger partial charge in [0.25, 0.3) is 0 Å². The molecular weight excluding hydrogens is 338 g/mol. The molecule has 1 unspecified atom stereocenters. The van der Waals surface area contributed by atoms with Crippen LogP contribution in [0.2, 0.25) is 0 Å². The second kappa shape index (κ2) is 7.16. The van der Waals surface area contributed by atoms with Crippen molar-refractivity contribution in [1.29, 1.82) is 0 Å². The molecule has 2 atom stereocenters. The van der Waals surface area contributed by atoms with E-state index in [1.165, 1.54) is 5.56 Å². The Kier molecular flexibility index (Phi) is 3.82. The van der Waals surface area contributed by atoms with Crippen LogP contribution in [0.3, 0.4) is 0 Å². The standard InChI is InChI=1S/C22H25N3O2/c1-3-22(27)24-20-6-4-5-17-18(11-23-12-19(17)20)14-7-8-21-15(9-14)10-16(13-26)25(21)2/h7-8,11-12,15,20H,3-6,9-10H2,1-2H3,(H,24,27)/t15?,20-/m1/s1/i2D3. The summed E-state index contributed by atoms with van der Waals surface area (Å²) in [6, 6.07) is -0.0222. The molecule has 1 N–H and O–H groups in total. The molecule has 140 valence electrons. The van der Waals surface area contributed by atoms with E-state index in [1.54, 1.807) is 0 Å². The van der Waals surface area contributed by atoms with E-state index in [-0.39, 0.29) is 23.6 Å². The van der Waals surface area contributed by atoms with Crippen LogP contribution in [0.5, 0.6) is 0 Å². The van der Waals surface area contributed by atoms with Crippen LogP contribution in [-0.4, -0.2) is 28.7 Å². The maximum absolute atomic E-state index is 11.9. The fourth-order valence-electron chi connectivity index (χ4n) is 4.41. The molecule has 1 aromatic rings. The van der Waals surface area contributed by atoms with Gasteiger partial charge in [0.1, 0.15) is 11.6 Å².